The number of nitrogens with zero attached hydrogens (tertiary/aromatic N) is 10. The molecule has 0 fully saturated rings. The van der Waals surface area contributed by atoms with E-state index in [1.807, 2.05) is 58.0 Å². The van der Waals surface area contributed by atoms with Crippen molar-refractivity contribution in [2.75, 3.05) is 0 Å². The van der Waals surface area contributed by atoms with Crippen LogP contribution in [-0.4, -0.2) is 44.0 Å². The van der Waals surface area contributed by atoms with Crippen molar-refractivity contribution >= 4 is 43.6 Å². The van der Waals surface area contributed by atoms with E-state index < -0.39 is 0 Å². The number of rotatable bonds is 5. The molecule has 56 heavy (non-hydrogen) atoms. The van der Waals surface area contributed by atoms with Crippen molar-refractivity contribution in [1.29, 1.82) is 5.26 Å². The van der Waals surface area contributed by atoms with Crippen molar-refractivity contribution in [1.82, 2.24) is 44.0 Å². The van der Waals surface area contributed by atoms with Crippen LogP contribution in [0.4, 0.5) is 0 Å². The molecule has 10 rings (SSSR count). The smallest absolute Gasteiger partial charge is 0.163 e. The lowest BCUT2D eigenvalue weighted by atomic mass is 10.00. The Labute approximate surface area is 321 Å². The summed E-state index contributed by atoms with van der Waals surface area (Å²) in [5.74, 6) is 3.99. The molecule has 0 aliphatic carbocycles. The van der Waals surface area contributed by atoms with E-state index in [0.717, 1.165) is 71.7 Å². The number of fused-ring (bicyclic) bond motifs is 6. The van der Waals surface area contributed by atoms with E-state index in [1.165, 1.54) is 0 Å². The van der Waals surface area contributed by atoms with Crippen LogP contribution < -0.4 is 0 Å². The van der Waals surface area contributed by atoms with Crippen LogP contribution in [0.1, 0.15) is 28.9 Å². The highest BCUT2D eigenvalue weighted by Crippen LogP contribution is 2.42. The third-order valence-corrected chi connectivity index (χ3v) is 10.2. The van der Waals surface area contributed by atoms with Gasteiger partial charge in [0, 0.05) is 44.4 Å². The minimum absolute atomic E-state index is 0.518. The summed E-state index contributed by atoms with van der Waals surface area (Å²) < 4.78 is 4.49. The molecule has 0 aliphatic heterocycles. The van der Waals surface area contributed by atoms with Gasteiger partial charge in [-0.25, -0.2) is 29.9 Å². The Morgan fingerprint density at radius 1 is 0.464 bits per heavy atom. The van der Waals surface area contributed by atoms with Crippen LogP contribution in [0.3, 0.4) is 0 Å². The van der Waals surface area contributed by atoms with E-state index in [2.05, 4.69) is 130 Å². The molecule has 0 aliphatic rings. The standard InChI is InChI=1S/C46H32N10/c1-26-49-27(2)52-45(51-26)30-18-20-39-35(23-30)33-12-5-7-14-37(33)55(39)41-16-9-11-32(25-47)43(41)44-42(17-10-22-48-44)56-38-15-8-6-13-34(38)36-24-31(19-21-40(36)56)46-53-28(3)50-29(4)54-46/h5-24H,1-4H3. The zero-order valence-electron chi connectivity index (χ0n) is 31.0. The van der Waals surface area contributed by atoms with E-state index in [0.29, 0.717) is 46.2 Å². The highest BCUT2D eigenvalue weighted by Gasteiger charge is 2.24. The highest BCUT2D eigenvalue weighted by molar-refractivity contribution is 6.12. The van der Waals surface area contributed by atoms with E-state index >= 15 is 0 Å². The van der Waals surface area contributed by atoms with Crippen molar-refractivity contribution in [3.8, 4) is 51.5 Å². The molecular formula is C46H32N10. The van der Waals surface area contributed by atoms with E-state index in [-0.39, 0.29) is 0 Å². The molecule has 5 heterocycles. The van der Waals surface area contributed by atoms with Crippen LogP contribution in [0.5, 0.6) is 0 Å². The molecule has 266 valence electrons. The molecule has 0 bridgehead atoms. The van der Waals surface area contributed by atoms with Gasteiger partial charge in [-0.15, -0.1) is 0 Å². The maximum atomic E-state index is 10.7. The number of benzene rings is 5. The number of nitriles is 1. The molecule has 10 nitrogen and oxygen atoms in total. The van der Waals surface area contributed by atoms with Gasteiger partial charge in [-0.05, 0) is 100 Å². The predicted octanol–water partition coefficient (Wildman–Crippen LogP) is 9.75. The summed E-state index contributed by atoms with van der Waals surface area (Å²) in [7, 11) is 0. The molecule has 0 spiro atoms. The van der Waals surface area contributed by atoms with Crippen LogP contribution in [-0.2, 0) is 0 Å². The summed E-state index contributed by atoms with van der Waals surface area (Å²) in [6, 6.07) is 41.8. The monoisotopic (exact) mass is 724 g/mol. The Balaban J connectivity index is 1.23. The van der Waals surface area contributed by atoms with Gasteiger partial charge in [0.15, 0.2) is 11.6 Å². The minimum Gasteiger partial charge on any atom is -0.309 e. The Hall–Kier alpha value is -7.64. The summed E-state index contributed by atoms with van der Waals surface area (Å²) in [6.45, 7) is 7.53. The van der Waals surface area contributed by atoms with E-state index in [1.54, 1.807) is 6.20 Å². The zero-order valence-corrected chi connectivity index (χ0v) is 31.0. The first kappa shape index (κ1) is 33.0. The number of aromatic nitrogens is 9. The number of pyridine rings is 1. The van der Waals surface area contributed by atoms with Gasteiger partial charge < -0.3 is 9.13 Å². The summed E-state index contributed by atoms with van der Waals surface area (Å²) in [6.07, 6.45) is 1.80. The lowest BCUT2D eigenvalue weighted by Gasteiger charge is -2.18. The fraction of sp³-hybridized carbons (Fsp3) is 0.0870. The van der Waals surface area contributed by atoms with Gasteiger partial charge in [0.1, 0.15) is 23.3 Å². The largest absolute Gasteiger partial charge is 0.309 e. The molecule has 0 saturated carbocycles. The first-order valence-electron chi connectivity index (χ1n) is 18.3. The third-order valence-electron chi connectivity index (χ3n) is 10.2. The lowest BCUT2D eigenvalue weighted by molar-refractivity contribution is 0.928. The highest BCUT2D eigenvalue weighted by atomic mass is 15.0. The molecule has 10 aromatic rings. The first-order valence-corrected chi connectivity index (χ1v) is 18.3. The van der Waals surface area contributed by atoms with Crippen molar-refractivity contribution < 1.29 is 0 Å². The number of hydrogen-bond donors (Lipinski definition) is 0. The van der Waals surface area contributed by atoms with E-state index in [9.17, 15) is 5.26 Å². The Kier molecular flexibility index (Phi) is 7.50. The second-order valence-corrected chi connectivity index (χ2v) is 13.9. The molecular weight excluding hydrogens is 693 g/mol. The second-order valence-electron chi connectivity index (χ2n) is 13.9. The second kappa shape index (κ2) is 12.7. The van der Waals surface area contributed by atoms with E-state index in [4.69, 9.17) is 4.98 Å². The zero-order chi connectivity index (χ0) is 38.1. The van der Waals surface area contributed by atoms with Gasteiger partial charge in [0.25, 0.3) is 0 Å². The molecule has 5 aromatic carbocycles. The number of hydrogen-bond acceptors (Lipinski definition) is 8. The molecule has 0 saturated heterocycles. The quantitative estimate of drug-likeness (QED) is 0.172. The Morgan fingerprint density at radius 2 is 0.946 bits per heavy atom. The molecule has 0 radical (unpaired) electrons. The van der Waals surface area contributed by atoms with Crippen LogP contribution in [0.25, 0.3) is 89.0 Å². The normalized spacial score (nSPS) is 11.6. The fourth-order valence-electron chi connectivity index (χ4n) is 8.07. The fourth-order valence-corrected chi connectivity index (χ4v) is 8.07. The average Bonchev–Trinajstić information content (AvgIpc) is 3.72. The third kappa shape index (κ3) is 5.21. The molecule has 0 N–H and O–H groups in total. The molecule has 0 atom stereocenters. The Bertz CT molecular complexity index is 3240. The SMILES string of the molecule is Cc1nc(C)nc(-c2ccc3c(c2)c2ccccc2n3-c2cccnc2-c2c(C#N)cccc2-n2c3ccccc3c3cc(-c4nc(C)nc(C)n4)ccc32)n1. The Morgan fingerprint density at radius 3 is 1.48 bits per heavy atom. The van der Waals surface area contributed by atoms with Gasteiger partial charge in [-0.1, -0.05) is 42.5 Å². The minimum atomic E-state index is 0.518. The summed E-state index contributed by atoms with van der Waals surface area (Å²) in [5.41, 5.74) is 9.46. The van der Waals surface area contributed by atoms with Crippen LogP contribution in [0, 0.1) is 39.0 Å². The summed E-state index contributed by atoms with van der Waals surface area (Å²) in [4.78, 5) is 32.5. The van der Waals surface area contributed by atoms with Gasteiger partial charge in [-0.3, -0.25) is 4.98 Å². The maximum absolute atomic E-state index is 10.7. The molecule has 10 heteroatoms. The van der Waals surface area contributed by atoms with Gasteiger partial charge in [0.2, 0.25) is 0 Å². The summed E-state index contributed by atoms with van der Waals surface area (Å²) in [5, 5.41) is 15.0. The van der Waals surface area contributed by atoms with Crippen molar-refractivity contribution in [3.05, 3.63) is 150 Å². The first-order chi connectivity index (χ1) is 27.4. The molecule has 5 aromatic heterocycles. The van der Waals surface area contributed by atoms with Gasteiger partial charge in [0.05, 0.1) is 50.8 Å². The van der Waals surface area contributed by atoms with Crippen molar-refractivity contribution in [3.63, 3.8) is 0 Å². The van der Waals surface area contributed by atoms with Gasteiger partial charge in [-0.2, -0.15) is 5.26 Å². The summed E-state index contributed by atoms with van der Waals surface area (Å²) >= 11 is 0. The predicted molar refractivity (Wildman–Crippen MR) is 220 cm³/mol. The maximum Gasteiger partial charge on any atom is 0.163 e. The van der Waals surface area contributed by atoms with Crippen LogP contribution >= 0.6 is 0 Å². The number of aryl methyl sites for hydroxylation is 4. The average molecular weight is 725 g/mol. The van der Waals surface area contributed by atoms with Crippen LogP contribution in [0.2, 0.25) is 0 Å². The lowest BCUT2D eigenvalue weighted by Crippen LogP contribution is -2.04. The van der Waals surface area contributed by atoms with Crippen LogP contribution in [0.15, 0.2) is 121 Å². The van der Waals surface area contributed by atoms with Crippen molar-refractivity contribution in [2.45, 2.75) is 27.7 Å². The van der Waals surface area contributed by atoms with Gasteiger partial charge >= 0.3 is 0 Å². The molecule has 0 amide bonds. The topological polar surface area (TPSA) is 124 Å². The molecule has 0 unspecified atom stereocenters. The number of para-hydroxylation sites is 2. The van der Waals surface area contributed by atoms with Crippen molar-refractivity contribution in [2.24, 2.45) is 0 Å².